The Labute approximate surface area is 203 Å². The smallest absolute Gasteiger partial charge is 0.168 e. The highest BCUT2D eigenvalue weighted by Crippen LogP contribution is 2.18. The summed E-state index contributed by atoms with van der Waals surface area (Å²) in [5.41, 5.74) is 0. The number of hydrogen-bond donors (Lipinski definition) is 1. The molecule has 1 rings (SSSR count). The minimum atomic E-state index is -3.03. The molecule has 0 aromatic carbocycles. The Morgan fingerprint density at radius 2 is 1.26 bits per heavy atom. The van der Waals surface area contributed by atoms with Crippen molar-refractivity contribution < 1.29 is 8.42 Å². The van der Waals surface area contributed by atoms with Gasteiger partial charge in [-0.25, -0.2) is 8.42 Å². The molecule has 0 aliphatic carbocycles. The molecule has 7 heteroatoms. The largest absolute Gasteiger partial charge is 0.357 e. The van der Waals surface area contributed by atoms with Crippen LogP contribution >= 0.6 is 23.8 Å². The number of sulfone groups is 1. The Balaban J connectivity index is 1.88. The highest BCUT2D eigenvalue weighted by molar-refractivity contribution is 7.91. The molecular weight excluding hydrogens is 448 g/mol. The van der Waals surface area contributed by atoms with Gasteiger partial charge in [-0.05, 0) is 18.6 Å². The van der Waals surface area contributed by atoms with Crippen molar-refractivity contribution in [3.63, 3.8) is 0 Å². The summed E-state index contributed by atoms with van der Waals surface area (Å²) in [5, 5.41) is 3.34. The SMILES string of the molecule is CCCCCCCCCCCCCCCCCCN(C)C(=S)NC1CS(=O)(=O)CC1Cl. The second-order valence-corrected chi connectivity index (χ2v) is 12.5. The number of alkyl halides is 1. The molecule has 0 spiro atoms. The van der Waals surface area contributed by atoms with E-state index in [-0.39, 0.29) is 17.5 Å². The van der Waals surface area contributed by atoms with Crippen molar-refractivity contribution in [2.24, 2.45) is 0 Å². The number of thiocarbonyl (C=S) groups is 1. The molecule has 0 bridgehead atoms. The van der Waals surface area contributed by atoms with Crippen molar-refractivity contribution in [2.75, 3.05) is 25.1 Å². The van der Waals surface area contributed by atoms with Crippen LogP contribution in [0.1, 0.15) is 110 Å². The molecule has 1 heterocycles. The van der Waals surface area contributed by atoms with Gasteiger partial charge in [-0.15, -0.1) is 11.6 Å². The summed E-state index contributed by atoms with van der Waals surface area (Å²) in [6.07, 6.45) is 21.8. The molecule has 1 fully saturated rings. The molecule has 0 aromatic heterocycles. The van der Waals surface area contributed by atoms with E-state index in [2.05, 4.69) is 12.2 Å². The van der Waals surface area contributed by atoms with E-state index in [0.29, 0.717) is 5.11 Å². The molecular formula is C24H47ClN2O2S2. The number of nitrogens with one attached hydrogen (secondary N) is 1. The van der Waals surface area contributed by atoms with Gasteiger partial charge in [-0.3, -0.25) is 0 Å². The van der Waals surface area contributed by atoms with Gasteiger partial charge in [0.1, 0.15) is 0 Å². The normalized spacial score (nSPS) is 20.1. The molecule has 2 unspecified atom stereocenters. The van der Waals surface area contributed by atoms with Crippen molar-refractivity contribution >= 4 is 38.8 Å². The molecule has 0 aromatic rings. The van der Waals surface area contributed by atoms with Crippen LogP contribution in [0.2, 0.25) is 0 Å². The fourth-order valence-electron chi connectivity index (χ4n) is 4.20. The average Bonchev–Trinajstić information content (AvgIpc) is 2.98. The van der Waals surface area contributed by atoms with Crippen molar-refractivity contribution in [2.45, 2.75) is 121 Å². The molecule has 0 saturated carbocycles. The van der Waals surface area contributed by atoms with Crippen LogP contribution in [0.4, 0.5) is 0 Å². The van der Waals surface area contributed by atoms with Crippen molar-refractivity contribution in [1.82, 2.24) is 10.2 Å². The number of rotatable bonds is 18. The summed E-state index contributed by atoms with van der Waals surface area (Å²) in [7, 11) is -1.07. The third-order valence-electron chi connectivity index (χ3n) is 6.29. The molecule has 1 N–H and O–H groups in total. The van der Waals surface area contributed by atoms with Crippen LogP contribution in [0.5, 0.6) is 0 Å². The van der Waals surface area contributed by atoms with Gasteiger partial charge in [-0.2, -0.15) is 0 Å². The van der Waals surface area contributed by atoms with E-state index < -0.39 is 15.2 Å². The highest BCUT2D eigenvalue weighted by Gasteiger charge is 2.37. The Hall–Kier alpha value is -0.0700. The third kappa shape index (κ3) is 14.6. The first-order valence-corrected chi connectivity index (χ1v) is 15.4. The van der Waals surface area contributed by atoms with Gasteiger partial charge < -0.3 is 10.2 Å². The molecule has 1 aliphatic heterocycles. The lowest BCUT2D eigenvalue weighted by molar-refractivity contribution is 0.450. The lowest BCUT2D eigenvalue weighted by Crippen LogP contribution is -2.46. The quantitative estimate of drug-likeness (QED) is 0.134. The molecule has 31 heavy (non-hydrogen) atoms. The van der Waals surface area contributed by atoms with Crippen LogP contribution in [0.3, 0.4) is 0 Å². The first kappa shape index (κ1) is 29.0. The van der Waals surface area contributed by atoms with Crippen LogP contribution in [-0.4, -0.2) is 54.9 Å². The maximum Gasteiger partial charge on any atom is 0.168 e. The molecule has 2 atom stereocenters. The van der Waals surface area contributed by atoms with Gasteiger partial charge >= 0.3 is 0 Å². The lowest BCUT2D eigenvalue weighted by Gasteiger charge is -2.24. The van der Waals surface area contributed by atoms with Gasteiger partial charge in [0, 0.05) is 13.6 Å². The van der Waals surface area contributed by atoms with E-state index in [9.17, 15) is 8.42 Å². The summed E-state index contributed by atoms with van der Waals surface area (Å²) in [6, 6.07) is -0.271. The Kier molecular flexibility index (Phi) is 16.3. The first-order valence-electron chi connectivity index (χ1n) is 12.7. The van der Waals surface area contributed by atoms with Gasteiger partial charge in [0.05, 0.1) is 22.9 Å². The predicted octanol–water partition coefficient (Wildman–Crippen LogP) is 6.46. The maximum atomic E-state index is 11.7. The van der Waals surface area contributed by atoms with E-state index >= 15 is 0 Å². The zero-order valence-electron chi connectivity index (χ0n) is 20.0. The Bertz CT molecular complexity index is 572. The van der Waals surface area contributed by atoms with Gasteiger partial charge in [-0.1, -0.05) is 103 Å². The van der Waals surface area contributed by atoms with Crippen LogP contribution in [0.25, 0.3) is 0 Å². The summed E-state index contributed by atoms with van der Waals surface area (Å²) < 4.78 is 23.3. The second kappa shape index (κ2) is 17.4. The highest BCUT2D eigenvalue weighted by atomic mass is 35.5. The summed E-state index contributed by atoms with van der Waals surface area (Å²) >= 11 is 11.6. The zero-order valence-corrected chi connectivity index (χ0v) is 22.4. The third-order valence-corrected chi connectivity index (χ3v) is 9.09. The Morgan fingerprint density at radius 1 is 0.839 bits per heavy atom. The number of nitrogens with zero attached hydrogens (tertiary/aromatic N) is 1. The number of hydrogen-bond acceptors (Lipinski definition) is 3. The molecule has 0 radical (unpaired) electrons. The molecule has 1 aliphatic rings. The summed E-state index contributed by atoms with van der Waals surface area (Å²) in [5.74, 6) is 0.117. The molecule has 184 valence electrons. The second-order valence-electron chi connectivity index (χ2n) is 9.37. The van der Waals surface area contributed by atoms with E-state index in [1.807, 2.05) is 11.9 Å². The minimum absolute atomic E-state index is 0.0394. The topological polar surface area (TPSA) is 49.4 Å². The fraction of sp³-hybridized carbons (Fsp3) is 0.958. The lowest BCUT2D eigenvalue weighted by atomic mass is 10.0. The average molecular weight is 495 g/mol. The van der Waals surface area contributed by atoms with Crippen molar-refractivity contribution in [3.05, 3.63) is 0 Å². The first-order chi connectivity index (χ1) is 14.9. The van der Waals surface area contributed by atoms with E-state index in [1.165, 1.54) is 96.3 Å². The van der Waals surface area contributed by atoms with Crippen molar-refractivity contribution in [3.8, 4) is 0 Å². The van der Waals surface area contributed by atoms with Crippen LogP contribution in [0.15, 0.2) is 0 Å². The van der Waals surface area contributed by atoms with Crippen LogP contribution in [0, 0.1) is 0 Å². The predicted molar refractivity (Wildman–Crippen MR) is 140 cm³/mol. The standard InChI is InChI=1S/C24H47ClN2O2S2/c1-3-4-5-6-7-8-9-10-11-12-13-14-15-16-17-18-19-27(2)24(30)26-23-21-31(28,29)20-22(23)25/h22-23H,3-21H2,1-2H3,(H,26,30). The van der Waals surface area contributed by atoms with E-state index in [0.717, 1.165) is 13.0 Å². The Morgan fingerprint density at radius 3 is 1.65 bits per heavy atom. The monoisotopic (exact) mass is 494 g/mol. The molecule has 0 amide bonds. The van der Waals surface area contributed by atoms with Gasteiger partial charge in [0.15, 0.2) is 14.9 Å². The number of halogens is 1. The minimum Gasteiger partial charge on any atom is -0.357 e. The van der Waals surface area contributed by atoms with Crippen LogP contribution in [-0.2, 0) is 9.84 Å². The van der Waals surface area contributed by atoms with Crippen molar-refractivity contribution in [1.29, 1.82) is 0 Å². The van der Waals surface area contributed by atoms with Gasteiger partial charge in [0.2, 0.25) is 0 Å². The number of unbranched alkanes of at least 4 members (excludes halogenated alkanes) is 15. The van der Waals surface area contributed by atoms with Crippen LogP contribution < -0.4 is 5.32 Å². The summed E-state index contributed by atoms with van der Waals surface area (Å²) in [6.45, 7) is 3.18. The van der Waals surface area contributed by atoms with E-state index in [1.54, 1.807) is 0 Å². The maximum absolute atomic E-state index is 11.7. The fourth-order valence-corrected chi connectivity index (χ4v) is 7.00. The van der Waals surface area contributed by atoms with E-state index in [4.69, 9.17) is 23.8 Å². The zero-order chi connectivity index (χ0) is 23.0. The summed E-state index contributed by atoms with van der Waals surface area (Å²) in [4.78, 5) is 2.01. The molecule has 4 nitrogen and oxygen atoms in total. The van der Waals surface area contributed by atoms with Gasteiger partial charge in [0.25, 0.3) is 0 Å². The molecule has 1 saturated heterocycles.